The Labute approximate surface area is 120 Å². The highest BCUT2D eigenvalue weighted by molar-refractivity contribution is 6.02. The summed E-state index contributed by atoms with van der Waals surface area (Å²) in [5, 5.41) is 18.9. The number of H-pyrrole nitrogens is 2. The quantitative estimate of drug-likeness (QED) is 0.490. The van der Waals surface area contributed by atoms with E-state index < -0.39 is 0 Å². The maximum atomic E-state index is 9.99. The SMILES string of the molecule is Oc1[nH]c2ccccc2c1C=Nc1ccc2cn[nH]c2c1. The number of fused-ring (bicyclic) bond motifs is 2. The molecular formula is C16H12N4O. The van der Waals surface area contributed by atoms with E-state index in [0.717, 1.165) is 27.5 Å². The highest BCUT2D eigenvalue weighted by Gasteiger charge is 2.07. The van der Waals surface area contributed by atoms with Gasteiger partial charge in [0.25, 0.3) is 0 Å². The zero-order chi connectivity index (χ0) is 14.2. The molecule has 5 nitrogen and oxygen atoms in total. The van der Waals surface area contributed by atoms with Crippen molar-refractivity contribution in [2.24, 2.45) is 4.99 Å². The fraction of sp³-hybridized carbons (Fsp3) is 0. The second-order valence-corrected chi connectivity index (χ2v) is 4.83. The molecule has 0 aliphatic heterocycles. The van der Waals surface area contributed by atoms with Crippen molar-refractivity contribution in [1.29, 1.82) is 0 Å². The summed E-state index contributed by atoms with van der Waals surface area (Å²) in [7, 11) is 0. The van der Waals surface area contributed by atoms with Crippen LogP contribution in [0.25, 0.3) is 21.8 Å². The molecule has 0 aliphatic rings. The largest absolute Gasteiger partial charge is 0.494 e. The van der Waals surface area contributed by atoms with Crippen LogP contribution in [0.3, 0.4) is 0 Å². The van der Waals surface area contributed by atoms with Gasteiger partial charge in [-0.3, -0.25) is 10.1 Å². The van der Waals surface area contributed by atoms with E-state index in [0.29, 0.717) is 5.56 Å². The van der Waals surface area contributed by atoms with Crippen molar-refractivity contribution in [3.05, 3.63) is 54.2 Å². The molecule has 0 fully saturated rings. The lowest BCUT2D eigenvalue weighted by Gasteiger charge is -1.95. The zero-order valence-electron chi connectivity index (χ0n) is 11.0. The lowest BCUT2D eigenvalue weighted by Crippen LogP contribution is -1.79. The van der Waals surface area contributed by atoms with Crippen LogP contribution in [0.5, 0.6) is 5.88 Å². The Hall–Kier alpha value is -3.08. The summed E-state index contributed by atoms with van der Waals surface area (Å²) in [4.78, 5) is 7.37. The first-order chi connectivity index (χ1) is 10.3. The summed E-state index contributed by atoms with van der Waals surface area (Å²) >= 11 is 0. The van der Waals surface area contributed by atoms with Gasteiger partial charge in [0.05, 0.1) is 23.0 Å². The number of rotatable bonds is 2. The predicted octanol–water partition coefficient (Wildman–Crippen LogP) is 3.50. The minimum absolute atomic E-state index is 0.127. The highest BCUT2D eigenvalue weighted by Crippen LogP contribution is 2.26. The van der Waals surface area contributed by atoms with E-state index in [9.17, 15) is 5.11 Å². The molecule has 2 aromatic carbocycles. The maximum absolute atomic E-state index is 9.99. The average molecular weight is 276 g/mol. The molecule has 2 heterocycles. The van der Waals surface area contributed by atoms with Crippen molar-refractivity contribution in [2.75, 3.05) is 0 Å². The van der Waals surface area contributed by atoms with Gasteiger partial charge in [-0.15, -0.1) is 0 Å². The van der Waals surface area contributed by atoms with Crippen LogP contribution in [0.15, 0.2) is 53.7 Å². The number of aromatic nitrogens is 3. The Morgan fingerprint density at radius 1 is 1.10 bits per heavy atom. The first kappa shape index (κ1) is 11.7. The fourth-order valence-corrected chi connectivity index (χ4v) is 2.42. The Balaban J connectivity index is 1.77. The van der Waals surface area contributed by atoms with Crippen LogP contribution < -0.4 is 0 Å². The molecule has 5 heteroatoms. The molecule has 0 amide bonds. The third kappa shape index (κ3) is 1.95. The van der Waals surface area contributed by atoms with E-state index in [1.165, 1.54) is 0 Å². The second-order valence-electron chi connectivity index (χ2n) is 4.83. The van der Waals surface area contributed by atoms with E-state index in [4.69, 9.17) is 0 Å². The summed E-state index contributed by atoms with van der Waals surface area (Å²) in [6.45, 7) is 0. The van der Waals surface area contributed by atoms with E-state index in [1.807, 2.05) is 42.5 Å². The van der Waals surface area contributed by atoms with Gasteiger partial charge in [0.1, 0.15) is 0 Å². The molecule has 2 aromatic heterocycles. The maximum Gasteiger partial charge on any atom is 0.198 e. The average Bonchev–Trinajstić information content (AvgIpc) is 3.08. The Morgan fingerprint density at radius 3 is 2.95 bits per heavy atom. The lowest BCUT2D eigenvalue weighted by molar-refractivity contribution is 0.457. The van der Waals surface area contributed by atoms with Gasteiger partial charge < -0.3 is 10.1 Å². The first-order valence-corrected chi connectivity index (χ1v) is 6.58. The topological polar surface area (TPSA) is 77.1 Å². The summed E-state index contributed by atoms with van der Waals surface area (Å²) in [6.07, 6.45) is 3.44. The molecule has 4 aromatic rings. The normalized spacial score (nSPS) is 11.8. The van der Waals surface area contributed by atoms with Crippen LogP contribution in [0, 0.1) is 0 Å². The van der Waals surface area contributed by atoms with Crippen LogP contribution in [0.2, 0.25) is 0 Å². The molecule has 0 bridgehead atoms. The van der Waals surface area contributed by atoms with Gasteiger partial charge in [0.2, 0.25) is 0 Å². The van der Waals surface area contributed by atoms with Crippen molar-refractivity contribution < 1.29 is 5.11 Å². The Bertz CT molecular complexity index is 965. The Morgan fingerprint density at radius 2 is 2.00 bits per heavy atom. The summed E-state index contributed by atoms with van der Waals surface area (Å²) < 4.78 is 0. The zero-order valence-corrected chi connectivity index (χ0v) is 11.0. The van der Waals surface area contributed by atoms with Crippen molar-refractivity contribution in [2.45, 2.75) is 0 Å². The first-order valence-electron chi connectivity index (χ1n) is 6.58. The van der Waals surface area contributed by atoms with Gasteiger partial charge in [-0.2, -0.15) is 5.10 Å². The molecule has 0 spiro atoms. The molecule has 0 radical (unpaired) electrons. The number of para-hydroxylation sites is 1. The fourth-order valence-electron chi connectivity index (χ4n) is 2.42. The number of aromatic hydroxyl groups is 1. The number of benzene rings is 2. The van der Waals surface area contributed by atoms with Gasteiger partial charge in [-0.1, -0.05) is 18.2 Å². The number of nitrogens with one attached hydrogen (secondary N) is 2. The van der Waals surface area contributed by atoms with Gasteiger partial charge in [-0.05, 0) is 24.3 Å². The monoisotopic (exact) mass is 276 g/mol. The molecule has 0 saturated heterocycles. The van der Waals surface area contributed by atoms with E-state index in [2.05, 4.69) is 20.2 Å². The predicted molar refractivity (Wildman–Crippen MR) is 83.3 cm³/mol. The summed E-state index contributed by atoms with van der Waals surface area (Å²) in [5.74, 6) is 0.127. The number of aliphatic imine (C=N–C) groups is 1. The number of aromatic amines is 2. The van der Waals surface area contributed by atoms with Crippen molar-refractivity contribution in [3.63, 3.8) is 0 Å². The smallest absolute Gasteiger partial charge is 0.198 e. The van der Waals surface area contributed by atoms with Gasteiger partial charge >= 0.3 is 0 Å². The number of nitrogens with zero attached hydrogens (tertiary/aromatic N) is 2. The molecule has 0 saturated carbocycles. The minimum Gasteiger partial charge on any atom is -0.494 e. The minimum atomic E-state index is 0.127. The van der Waals surface area contributed by atoms with Gasteiger partial charge in [0, 0.05) is 22.5 Å². The summed E-state index contributed by atoms with van der Waals surface area (Å²) in [5.41, 5.74) is 3.32. The lowest BCUT2D eigenvalue weighted by atomic mass is 10.2. The van der Waals surface area contributed by atoms with Gasteiger partial charge in [-0.25, -0.2) is 0 Å². The highest BCUT2D eigenvalue weighted by atomic mass is 16.3. The van der Waals surface area contributed by atoms with Crippen LogP contribution in [0.1, 0.15) is 5.56 Å². The van der Waals surface area contributed by atoms with Gasteiger partial charge in [0.15, 0.2) is 5.88 Å². The molecule has 102 valence electrons. The molecule has 4 rings (SSSR count). The number of hydrogen-bond donors (Lipinski definition) is 3. The van der Waals surface area contributed by atoms with E-state index in [1.54, 1.807) is 12.4 Å². The van der Waals surface area contributed by atoms with Crippen LogP contribution >= 0.6 is 0 Å². The van der Waals surface area contributed by atoms with Crippen LogP contribution in [-0.4, -0.2) is 26.5 Å². The molecule has 21 heavy (non-hydrogen) atoms. The van der Waals surface area contributed by atoms with E-state index >= 15 is 0 Å². The third-order valence-corrected chi connectivity index (χ3v) is 3.49. The van der Waals surface area contributed by atoms with Crippen LogP contribution in [0.4, 0.5) is 5.69 Å². The second kappa shape index (κ2) is 4.49. The molecule has 0 atom stereocenters. The van der Waals surface area contributed by atoms with Crippen molar-refractivity contribution >= 4 is 33.7 Å². The molecule has 3 N–H and O–H groups in total. The van der Waals surface area contributed by atoms with E-state index in [-0.39, 0.29) is 5.88 Å². The van der Waals surface area contributed by atoms with Crippen molar-refractivity contribution in [1.82, 2.24) is 15.2 Å². The molecular weight excluding hydrogens is 264 g/mol. The third-order valence-electron chi connectivity index (χ3n) is 3.49. The Kier molecular flexibility index (Phi) is 2.50. The summed E-state index contributed by atoms with van der Waals surface area (Å²) in [6, 6.07) is 13.5. The van der Waals surface area contributed by atoms with Crippen molar-refractivity contribution in [3.8, 4) is 5.88 Å². The molecule has 0 aliphatic carbocycles. The molecule has 0 unspecified atom stereocenters. The number of hydrogen-bond acceptors (Lipinski definition) is 3. The van der Waals surface area contributed by atoms with Crippen LogP contribution in [-0.2, 0) is 0 Å². The standard InChI is InChI=1S/C16H12N4O/c21-16-13(12-3-1-2-4-14(12)19-16)9-17-11-6-5-10-8-18-20-15(10)7-11/h1-9,19,21H,(H,18,20).